The van der Waals surface area contributed by atoms with E-state index >= 15 is 0 Å². The summed E-state index contributed by atoms with van der Waals surface area (Å²) < 4.78 is 21.7. The van der Waals surface area contributed by atoms with E-state index in [1.165, 1.54) is 7.11 Å². The molecule has 5 atom stereocenters. The lowest BCUT2D eigenvalue weighted by molar-refractivity contribution is -0.291. The van der Waals surface area contributed by atoms with Crippen molar-refractivity contribution in [1.82, 2.24) is 0 Å². The van der Waals surface area contributed by atoms with E-state index in [9.17, 15) is 19.7 Å². The average Bonchev–Trinajstić information content (AvgIpc) is 2.15. The zero-order valence-electron chi connectivity index (χ0n) is 7.13. The van der Waals surface area contributed by atoms with E-state index in [2.05, 4.69) is 4.74 Å². The molecule has 1 heterocycles. The highest BCUT2D eigenvalue weighted by molar-refractivity contribution is 4.88. The third-order valence-corrected chi connectivity index (χ3v) is 2.05. The maximum absolute atomic E-state index is 12.2. The highest BCUT2D eigenvalue weighted by Gasteiger charge is 2.43. The molecule has 78 valence electrons. The van der Waals surface area contributed by atoms with Gasteiger partial charge in [0.2, 0.25) is 0 Å². The molecule has 0 unspecified atom stereocenters. The van der Waals surface area contributed by atoms with Gasteiger partial charge >= 0.3 is 0 Å². The summed E-state index contributed by atoms with van der Waals surface area (Å²) >= 11 is 0. The number of methoxy groups -OCH3 is 1. The molecule has 1 rings (SSSR count). The van der Waals surface area contributed by atoms with Gasteiger partial charge in [-0.25, -0.2) is 4.39 Å². The Kier molecular flexibility index (Phi) is 3.57. The number of ether oxygens (including phenoxy) is 2. The van der Waals surface area contributed by atoms with Crippen molar-refractivity contribution in [1.29, 1.82) is 0 Å². The van der Waals surface area contributed by atoms with Crippen LogP contribution < -0.4 is 0 Å². The molecule has 5 nitrogen and oxygen atoms in total. The lowest BCUT2D eigenvalue weighted by Crippen LogP contribution is -2.58. The lowest BCUT2D eigenvalue weighted by Gasteiger charge is -2.38. The Balaban J connectivity index is 2.66. The highest BCUT2D eigenvalue weighted by atomic mass is 19.1. The molecule has 13 heavy (non-hydrogen) atoms. The summed E-state index contributed by atoms with van der Waals surface area (Å²) in [7, 11) is 1.26. The van der Waals surface area contributed by atoms with Gasteiger partial charge < -0.3 is 24.8 Å². The molecule has 1 saturated heterocycles. The maximum atomic E-state index is 12.2. The first-order valence-corrected chi connectivity index (χ1v) is 3.90. The van der Waals surface area contributed by atoms with Crippen LogP contribution in [0.15, 0.2) is 0 Å². The summed E-state index contributed by atoms with van der Waals surface area (Å²) in [6.07, 6.45) is -6.48. The molecule has 0 spiro atoms. The largest absolute Gasteiger partial charge is 0.387 e. The Labute approximate surface area is 74.7 Å². The van der Waals surface area contributed by atoms with Crippen molar-refractivity contribution in [2.24, 2.45) is 0 Å². The van der Waals surface area contributed by atoms with Crippen molar-refractivity contribution < 1.29 is 29.2 Å². The number of halogens is 1. The predicted octanol–water partition coefficient (Wildman–Crippen LogP) is -1.59. The summed E-state index contributed by atoms with van der Waals surface area (Å²) in [4.78, 5) is 0. The summed E-state index contributed by atoms with van der Waals surface area (Å²) in [6.45, 7) is -0.940. The zero-order chi connectivity index (χ0) is 10.0. The Morgan fingerprint density at radius 3 is 2.31 bits per heavy atom. The van der Waals surface area contributed by atoms with E-state index < -0.39 is 37.4 Å². The van der Waals surface area contributed by atoms with Crippen LogP contribution in [0.1, 0.15) is 0 Å². The fraction of sp³-hybridized carbons (Fsp3) is 1.00. The fourth-order valence-corrected chi connectivity index (χ4v) is 1.24. The number of hydrogen-bond acceptors (Lipinski definition) is 5. The molecule has 6 heteroatoms. The van der Waals surface area contributed by atoms with Gasteiger partial charge in [-0.2, -0.15) is 0 Å². The van der Waals surface area contributed by atoms with Gasteiger partial charge in [0, 0.05) is 7.11 Å². The molecule has 1 fully saturated rings. The molecule has 1 aliphatic heterocycles. The number of rotatable bonds is 2. The van der Waals surface area contributed by atoms with Gasteiger partial charge in [-0.05, 0) is 0 Å². The van der Waals surface area contributed by atoms with Gasteiger partial charge in [0.15, 0.2) is 6.29 Å². The lowest BCUT2D eigenvalue weighted by atomic mass is 10.00. The number of alkyl halides is 1. The Hall–Kier alpha value is -0.270. The molecule has 0 aliphatic carbocycles. The first-order chi connectivity index (χ1) is 6.11. The Bertz CT molecular complexity index is 147. The summed E-state index contributed by atoms with van der Waals surface area (Å²) in [5.41, 5.74) is 0. The molecule has 3 N–H and O–H groups in total. The third kappa shape index (κ3) is 1.97. The summed E-state index contributed by atoms with van der Waals surface area (Å²) in [5.74, 6) is 0. The van der Waals surface area contributed by atoms with E-state index in [1.807, 2.05) is 0 Å². The number of aliphatic hydroxyl groups excluding tert-OH is 3. The van der Waals surface area contributed by atoms with Crippen LogP contribution in [-0.2, 0) is 9.47 Å². The van der Waals surface area contributed by atoms with Gasteiger partial charge in [0.1, 0.15) is 31.1 Å². The van der Waals surface area contributed by atoms with Crippen molar-refractivity contribution in [2.75, 3.05) is 13.8 Å². The minimum atomic E-state index is -1.44. The van der Waals surface area contributed by atoms with Crippen LogP contribution in [0.5, 0.6) is 0 Å². The number of aliphatic hydroxyl groups is 3. The van der Waals surface area contributed by atoms with E-state index in [4.69, 9.17) is 4.74 Å². The minimum Gasteiger partial charge on any atom is -0.387 e. The van der Waals surface area contributed by atoms with Gasteiger partial charge in [-0.15, -0.1) is 0 Å². The molecule has 0 aromatic carbocycles. The Morgan fingerprint density at radius 2 is 1.85 bits per heavy atom. The standard InChI is InChI=1S/C7H13FO5/c1-12-7-6(11)5(10)4(9)3(2-8)13-7/h3-7,9-11H,2H2,1H3/t3-,4-,5+,6-,7+/m0/s1. The predicted molar refractivity (Wildman–Crippen MR) is 39.7 cm³/mol. The van der Waals surface area contributed by atoms with E-state index in [-0.39, 0.29) is 0 Å². The molecule has 0 aromatic heterocycles. The van der Waals surface area contributed by atoms with Crippen LogP contribution in [0.4, 0.5) is 4.39 Å². The highest BCUT2D eigenvalue weighted by Crippen LogP contribution is 2.21. The first-order valence-electron chi connectivity index (χ1n) is 3.90. The van der Waals surface area contributed by atoms with Crippen molar-refractivity contribution in [3.8, 4) is 0 Å². The van der Waals surface area contributed by atoms with Crippen LogP contribution >= 0.6 is 0 Å². The molecule has 0 radical (unpaired) electrons. The van der Waals surface area contributed by atoms with Crippen LogP contribution in [0.2, 0.25) is 0 Å². The quantitative estimate of drug-likeness (QED) is 0.496. The van der Waals surface area contributed by atoms with Crippen LogP contribution in [-0.4, -0.2) is 59.8 Å². The van der Waals surface area contributed by atoms with Crippen molar-refractivity contribution in [3.05, 3.63) is 0 Å². The van der Waals surface area contributed by atoms with E-state index in [0.717, 1.165) is 0 Å². The molecule has 0 amide bonds. The van der Waals surface area contributed by atoms with Crippen molar-refractivity contribution in [3.63, 3.8) is 0 Å². The van der Waals surface area contributed by atoms with Gasteiger partial charge in [0.25, 0.3) is 0 Å². The Morgan fingerprint density at radius 1 is 1.23 bits per heavy atom. The second-order valence-corrected chi connectivity index (χ2v) is 2.90. The SMILES string of the molecule is CO[C@@H]1O[C@@H](CF)[C@H](O)[C@@H](O)[C@@H]1O. The summed E-state index contributed by atoms with van der Waals surface area (Å²) in [5, 5.41) is 27.7. The fourth-order valence-electron chi connectivity index (χ4n) is 1.24. The van der Waals surface area contributed by atoms with Crippen LogP contribution in [0, 0.1) is 0 Å². The van der Waals surface area contributed by atoms with E-state index in [0.29, 0.717) is 0 Å². The average molecular weight is 196 g/mol. The second-order valence-electron chi connectivity index (χ2n) is 2.90. The van der Waals surface area contributed by atoms with Crippen molar-refractivity contribution >= 4 is 0 Å². The van der Waals surface area contributed by atoms with Gasteiger partial charge in [-0.1, -0.05) is 0 Å². The summed E-state index contributed by atoms with van der Waals surface area (Å²) in [6, 6.07) is 0. The molecule has 0 aromatic rings. The van der Waals surface area contributed by atoms with Gasteiger partial charge in [0.05, 0.1) is 0 Å². The van der Waals surface area contributed by atoms with E-state index in [1.54, 1.807) is 0 Å². The van der Waals surface area contributed by atoms with Crippen LogP contribution in [0.25, 0.3) is 0 Å². The molecular weight excluding hydrogens is 183 g/mol. The van der Waals surface area contributed by atoms with Crippen molar-refractivity contribution in [2.45, 2.75) is 30.7 Å². The molecule has 1 aliphatic rings. The molecule has 0 saturated carbocycles. The smallest absolute Gasteiger partial charge is 0.186 e. The monoisotopic (exact) mass is 196 g/mol. The third-order valence-electron chi connectivity index (χ3n) is 2.05. The zero-order valence-corrected chi connectivity index (χ0v) is 7.13. The first kappa shape index (κ1) is 10.8. The number of hydrogen-bond donors (Lipinski definition) is 3. The molecular formula is C7H13FO5. The van der Waals surface area contributed by atoms with Crippen LogP contribution in [0.3, 0.4) is 0 Å². The molecule has 0 bridgehead atoms. The topological polar surface area (TPSA) is 79.2 Å². The minimum absolute atomic E-state index is 0.940. The maximum Gasteiger partial charge on any atom is 0.186 e. The normalized spacial score (nSPS) is 46.4. The second kappa shape index (κ2) is 4.30. The van der Waals surface area contributed by atoms with Gasteiger partial charge in [-0.3, -0.25) is 0 Å².